The van der Waals surface area contributed by atoms with Crippen molar-refractivity contribution < 1.29 is 30.0 Å². The molecule has 0 rings (SSSR count). The second-order valence-electron chi connectivity index (χ2n) is 0.0476. The van der Waals surface area contributed by atoms with Crippen LogP contribution < -0.4 is 0 Å². The van der Waals surface area contributed by atoms with E-state index in [0.29, 0.717) is 12.9 Å². The van der Waals surface area contributed by atoms with Gasteiger partial charge in [0.05, 0.1) is 0 Å². The molecule has 4 heavy (non-hydrogen) atoms. The molecule has 0 aromatic rings. The molecule has 0 nitrogen and oxygen atoms in total. The largest absolute Gasteiger partial charge is 0 e. The van der Waals surface area contributed by atoms with E-state index in [1.807, 2.05) is 0 Å². The Morgan fingerprint density at radius 2 is 1.25 bits per heavy atom. The molecule has 0 aliphatic heterocycles. The first-order valence-electron chi connectivity index (χ1n) is 0.252. The van der Waals surface area contributed by atoms with Crippen LogP contribution in [0.25, 0.3) is 0 Å². The molecule has 0 N–H and O–H groups in total. The van der Waals surface area contributed by atoms with Gasteiger partial charge in [-0.05, 0) is 0 Å². The van der Waals surface area contributed by atoms with Gasteiger partial charge < -0.3 is 0 Å². The minimum absolute atomic E-state index is 0. The average molecular weight is 193 g/mol. The summed E-state index contributed by atoms with van der Waals surface area (Å²) in [5.74, 6) is 0. The molecule has 0 aliphatic carbocycles. The maximum absolute atomic E-state index is 4.73. The molecule has 0 spiro atoms. The third kappa shape index (κ3) is 9.49. The average Bonchev–Trinajstić information content (AvgIpc) is 0.918. The molecule has 0 saturated heterocycles. The Balaban J connectivity index is 0. The molecule has 0 aliphatic rings. The third-order valence-electron chi connectivity index (χ3n) is 0. The summed E-state index contributed by atoms with van der Waals surface area (Å²) in [5.41, 5.74) is 0. The fourth-order valence-electron chi connectivity index (χ4n) is 0. The van der Waals surface area contributed by atoms with Gasteiger partial charge in [0.1, 0.15) is 0 Å². The summed E-state index contributed by atoms with van der Waals surface area (Å²) in [4.78, 5) is 0. The maximum Gasteiger partial charge on any atom is 0 e. The summed E-state index contributed by atoms with van der Waals surface area (Å²) in [5, 5.41) is 0. The van der Waals surface area contributed by atoms with E-state index in [1.54, 1.807) is 0 Å². The Hall–Kier alpha value is 1.61. The summed E-state index contributed by atoms with van der Waals surface area (Å²) in [6, 6.07) is 0. The molecule has 0 unspecified atom stereocenters. The summed E-state index contributed by atoms with van der Waals surface area (Å²) >= 11 is 0.382. The minimum Gasteiger partial charge on any atom is 0 e. The van der Waals surface area contributed by atoms with E-state index in [4.69, 9.17) is 20.3 Å². The first-order chi connectivity index (χ1) is 1.41. The van der Waals surface area contributed by atoms with E-state index in [1.165, 1.54) is 0 Å². The van der Waals surface area contributed by atoms with Gasteiger partial charge in [-0.3, -0.25) is 0 Å². The summed E-state index contributed by atoms with van der Waals surface area (Å²) < 4.78 is 0. The smallest absolute Gasteiger partial charge is 0 e. The molecule has 0 aromatic heterocycles. The van der Waals surface area contributed by atoms with Crippen molar-refractivity contribution >= 4 is 20.3 Å². The zero-order chi connectivity index (χ0) is 2.71. The quantitative estimate of drug-likeness (QED) is 0.510. The van der Waals surface area contributed by atoms with Gasteiger partial charge in [0.25, 0.3) is 0 Å². The molecule has 0 bridgehead atoms. The fraction of sp³-hybridized carbons (Fsp3) is 0. The SMILES string of the molecule is [Cl][Co][Cl].[Cu]. The molecular weight excluding hydrogens is 193 g/mol. The van der Waals surface area contributed by atoms with Crippen molar-refractivity contribution in [1.29, 1.82) is 0 Å². The Bertz CT molecular complexity index is 6.00. The molecule has 0 atom stereocenters. The first-order valence-corrected chi connectivity index (χ1v) is 3.12. The van der Waals surface area contributed by atoms with Crippen LogP contribution in [0.5, 0.6) is 0 Å². The molecule has 4 heteroatoms. The second-order valence-corrected chi connectivity index (χ2v) is 1.77. The molecule has 0 saturated carbocycles. The zero-order valence-corrected chi connectivity index (χ0v) is 4.89. The molecule has 1 radical (unpaired) electrons. The van der Waals surface area contributed by atoms with Crippen LogP contribution in [0.2, 0.25) is 0 Å². The Kier molecular flexibility index (Phi) is 20.2. The van der Waals surface area contributed by atoms with Gasteiger partial charge in [-0.25, -0.2) is 0 Å². The van der Waals surface area contributed by atoms with Crippen LogP contribution in [0, 0.1) is 0 Å². The Morgan fingerprint density at radius 3 is 1.25 bits per heavy atom. The molecule has 0 amide bonds. The normalized spacial score (nSPS) is 5.50. The van der Waals surface area contributed by atoms with Crippen LogP contribution in [-0.4, -0.2) is 0 Å². The molecule has 0 fully saturated rings. The topological polar surface area (TPSA) is 0 Å². The predicted molar refractivity (Wildman–Crippen MR) is 11.7 cm³/mol. The van der Waals surface area contributed by atoms with Crippen LogP contribution in [0.3, 0.4) is 0 Å². The molecule has 0 aromatic carbocycles. The fourth-order valence-corrected chi connectivity index (χ4v) is 0. The van der Waals surface area contributed by atoms with Crippen molar-refractivity contribution in [2.75, 3.05) is 0 Å². The van der Waals surface area contributed by atoms with Crippen molar-refractivity contribution in [2.45, 2.75) is 0 Å². The number of hydrogen-bond acceptors (Lipinski definition) is 0. The van der Waals surface area contributed by atoms with Gasteiger partial charge in [0, 0.05) is 17.1 Å². The van der Waals surface area contributed by atoms with Crippen LogP contribution in [-0.2, 0) is 30.0 Å². The van der Waals surface area contributed by atoms with Crippen LogP contribution >= 0.6 is 20.3 Å². The number of rotatable bonds is 0. The van der Waals surface area contributed by atoms with E-state index in [-0.39, 0.29) is 17.1 Å². The second kappa shape index (κ2) is 8.82. The van der Waals surface area contributed by atoms with E-state index in [9.17, 15) is 0 Å². The predicted octanol–water partition coefficient (Wildman–Crippen LogP) is 1.37. The standard InChI is InChI=1S/2ClH.Co.Cu/h2*1H;;/q;;+2;/p-2. The van der Waals surface area contributed by atoms with E-state index in [0.717, 1.165) is 0 Å². The van der Waals surface area contributed by atoms with E-state index >= 15 is 0 Å². The maximum atomic E-state index is 4.73. The van der Waals surface area contributed by atoms with Crippen LogP contribution in [0.15, 0.2) is 0 Å². The van der Waals surface area contributed by atoms with E-state index in [2.05, 4.69) is 0 Å². The van der Waals surface area contributed by atoms with Crippen molar-refractivity contribution in [3.63, 3.8) is 0 Å². The molecule has 34 valence electrons. The molecule has 0 heterocycles. The van der Waals surface area contributed by atoms with Crippen LogP contribution in [0.1, 0.15) is 0 Å². The van der Waals surface area contributed by atoms with Crippen molar-refractivity contribution in [1.82, 2.24) is 0 Å². The van der Waals surface area contributed by atoms with Crippen molar-refractivity contribution in [3.8, 4) is 0 Å². The zero-order valence-electron chi connectivity index (χ0n) is 1.39. The Labute approximate surface area is 50.2 Å². The Morgan fingerprint density at radius 1 is 1.25 bits per heavy atom. The van der Waals surface area contributed by atoms with Gasteiger partial charge in [-0.15, -0.1) is 0 Å². The minimum atomic E-state index is 0. The molecular formula is Cl2CoCu. The van der Waals surface area contributed by atoms with Gasteiger partial charge >= 0.3 is 33.2 Å². The van der Waals surface area contributed by atoms with Gasteiger partial charge in [-0.2, -0.15) is 0 Å². The van der Waals surface area contributed by atoms with E-state index < -0.39 is 0 Å². The first kappa shape index (κ1) is 9.15. The van der Waals surface area contributed by atoms with Crippen molar-refractivity contribution in [2.24, 2.45) is 0 Å². The van der Waals surface area contributed by atoms with Crippen molar-refractivity contribution in [3.05, 3.63) is 0 Å². The monoisotopic (exact) mass is 192 g/mol. The third-order valence-corrected chi connectivity index (χ3v) is 0. The summed E-state index contributed by atoms with van der Waals surface area (Å²) in [6.45, 7) is 0. The number of halogens is 2. The van der Waals surface area contributed by atoms with Gasteiger partial charge in [0.2, 0.25) is 0 Å². The van der Waals surface area contributed by atoms with Gasteiger partial charge in [0.15, 0.2) is 0 Å². The summed E-state index contributed by atoms with van der Waals surface area (Å²) in [7, 11) is 9.47. The number of hydrogen-bond donors (Lipinski definition) is 0. The van der Waals surface area contributed by atoms with Gasteiger partial charge in [-0.1, -0.05) is 0 Å². The van der Waals surface area contributed by atoms with Crippen LogP contribution in [0.4, 0.5) is 0 Å². The summed E-state index contributed by atoms with van der Waals surface area (Å²) in [6.07, 6.45) is 0.